The van der Waals surface area contributed by atoms with Gasteiger partial charge in [0.15, 0.2) is 5.13 Å². The second kappa shape index (κ2) is 8.86. The van der Waals surface area contributed by atoms with Crippen LogP contribution in [-0.4, -0.2) is 29.0 Å². The molecule has 0 bridgehead atoms. The number of nitro groups is 1. The molecule has 1 aromatic heterocycles. The van der Waals surface area contributed by atoms with E-state index >= 15 is 0 Å². The molecule has 0 aliphatic rings. The first-order valence-corrected chi connectivity index (χ1v) is 9.75. The number of amides is 1. The average molecular weight is 401 g/mol. The molecule has 12 heteroatoms. The molecule has 0 radical (unpaired) electrons. The lowest BCUT2D eigenvalue weighted by Crippen LogP contribution is -2.13. The zero-order chi connectivity index (χ0) is 19.2. The van der Waals surface area contributed by atoms with Crippen molar-refractivity contribution >= 4 is 35.2 Å². The molecular weight excluding hydrogens is 385 g/mol. The number of nitrogens with zero attached hydrogens (tertiary/aromatic N) is 2. The number of carbonyl (C=O) groups excluding carboxylic acids is 1. The number of carbonyl (C=O) groups is 1. The van der Waals surface area contributed by atoms with Crippen LogP contribution in [-0.2, 0) is 13.6 Å². The molecule has 1 amide bonds. The monoisotopic (exact) mass is 401 g/mol. The van der Waals surface area contributed by atoms with Gasteiger partial charge in [-0.15, -0.1) is 0 Å². The summed E-state index contributed by atoms with van der Waals surface area (Å²) < 4.78 is 28.0. The minimum absolute atomic E-state index is 0.0127. The molecule has 2 aromatic rings. The van der Waals surface area contributed by atoms with Gasteiger partial charge in [0.1, 0.15) is 11.9 Å². The highest BCUT2D eigenvalue weighted by Gasteiger charge is 2.29. The molecule has 140 valence electrons. The molecule has 0 aliphatic carbocycles. The largest absolute Gasteiger partial charge is 0.530 e. The number of benzene rings is 1. The second-order valence-corrected chi connectivity index (χ2v) is 7.19. The van der Waals surface area contributed by atoms with Crippen molar-refractivity contribution in [2.45, 2.75) is 13.8 Å². The summed E-state index contributed by atoms with van der Waals surface area (Å²) in [6.45, 7) is 3.44. The van der Waals surface area contributed by atoms with Crippen molar-refractivity contribution in [1.82, 2.24) is 4.98 Å². The predicted molar refractivity (Wildman–Crippen MR) is 94.7 cm³/mol. The quantitative estimate of drug-likeness (QED) is 0.381. The molecule has 1 N–H and O–H groups in total. The molecular formula is C14H16N3O7PS. The second-order valence-electron chi connectivity index (χ2n) is 4.59. The van der Waals surface area contributed by atoms with Crippen molar-refractivity contribution in [1.29, 1.82) is 0 Å². The number of phosphoric acid groups is 1. The van der Waals surface area contributed by atoms with Crippen LogP contribution in [0, 0.1) is 10.1 Å². The van der Waals surface area contributed by atoms with Crippen molar-refractivity contribution in [2.75, 3.05) is 18.5 Å². The Hall–Kier alpha value is -2.33. The van der Waals surface area contributed by atoms with E-state index < -0.39 is 18.7 Å². The van der Waals surface area contributed by atoms with Gasteiger partial charge in [-0.25, -0.2) is 9.55 Å². The maximum absolute atomic E-state index is 12.5. The minimum atomic E-state index is -3.88. The highest BCUT2D eigenvalue weighted by molar-refractivity contribution is 7.48. The van der Waals surface area contributed by atoms with Gasteiger partial charge in [0, 0.05) is 0 Å². The van der Waals surface area contributed by atoms with Crippen molar-refractivity contribution in [3.63, 3.8) is 0 Å². The zero-order valence-electron chi connectivity index (χ0n) is 13.9. The Bertz CT molecular complexity index is 831. The van der Waals surface area contributed by atoms with Crippen molar-refractivity contribution in [2.24, 2.45) is 0 Å². The Labute approximate surface area is 152 Å². The van der Waals surface area contributed by atoms with Gasteiger partial charge in [0.2, 0.25) is 0 Å². The first kappa shape index (κ1) is 20.0. The number of rotatable bonds is 9. The summed E-state index contributed by atoms with van der Waals surface area (Å²) in [6, 6.07) is 6.04. The van der Waals surface area contributed by atoms with Crippen LogP contribution in [0.15, 0.2) is 30.5 Å². The Kier molecular flexibility index (Phi) is 6.81. The summed E-state index contributed by atoms with van der Waals surface area (Å²) in [5, 5.41) is 13.0. The van der Waals surface area contributed by atoms with E-state index in [1.807, 2.05) is 0 Å². The summed E-state index contributed by atoms with van der Waals surface area (Å²) in [4.78, 5) is 26.3. The van der Waals surface area contributed by atoms with Gasteiger partial charge < -0.3 is 4.52 Å². The zero-order valence-corrected chi connectivity index (χ0v) is 15.6. The van der Waals surface area contributed by atoms with E-state index in [4.69, 9.17) is 13.6 Å². The first-order valence-electron chi connectivity index (χ1n) is 7.47. The fraction of sp³-hybridized carbons (Fsp3) is 0.286. The van der Waals surface area contributed by atoms with Crippen LogP contribution in [0.4, 0.5) is 10.1 Å². The van der Waals surface area contributed by atoms with Gasteiger partial charge in [-0.2, -0.15) is 0 Å². The SMILES string of the molecule is CCOP(=O)(OCC)Oc1ccccc1C(=O)Nc1ncc([N+](=O)[O-])s1. The molecule has 0 aliphatic heterocycles. The van der Waals surface area contributed by atoms with Crippen LogP contribution < -0.4 is 9.84 Å². The van der Waals surface area contributed by atoms with E-state index in [1.54, 1.807) is 26.0 Å². The smallest absolute Gasteiger partial charge is 0.403 e. The number of para-hydroxylation sites is 1. The Balaban J connectivity index is 2.22. The molecule has 0 fully saturated rings. The van der Waals surface area contributed by atoms with E-state index in [0.29, 0.717) is 11.3 Å². The molecule has 10 nitrogen and oxygen atoms in total. The lowest BCUT2D eigenvalue weighted by molar-refractivity contribution is -0.380. The predicted octanol–water partition coefficient (Wildman–Crippen LogP) is 3.86. The Morgan fingerprint density at radius 2 is 1.96 bits per heavy atom. The highest BCUT2D eigenvalue weighted by atomic mass is 32.1. The molecule has 2 rings (SSSR count). The van der Waals surface area contributed by atoms with Gasteiger partial charge in [0.05, 0.1) is 23.7 Å². The minimum Gasteiger partial charge on any atom is -0.403 e. The average Bonchev–Trinajstić information content (AvgIpc) is 3.04. The number of anilines is 1. The van der Waals surface area contributed by atoms with Crippen LogP contribution in [0.1, 0.15) is 24.2 Å². The standard InChI is InChI=1S/C14H16N3O7PS/c1-3-22-25(21,23-4-2)24-11-8-6-5-7-10(11)13(18)16-14-15-9-12(26-14)17(19)20/h5-9H,3-4H2,1-2H3,(H,15,16,18). The summed E-state index contributed by atoms with van der Waals surface area (Å²) in [7, 11) is -3.88. The number of phosphoric ester groups is 1. The van der Waals surface area contributed by atoms with Gasteiger partial charge >= 0.3 is 12.8 Å². The Morgan fingerprint density at radius 3 is 2.54 bits per heavy atom. The van der Waals surface area contributed by atoms with E-state index in [9.17, 15) is 19.5 Å². The maximum Gasteiger partial charge on any atom is 0.530 e. The van der Waals surface area contributed by atoms with Crippen molar-refractivity contribution in [3.05, 3.63) is 46.1 Å². The lowest BCUT2D eigenvalue weighted by Gasteiger charge is -2.18. The van der Waals surface area contributed by atoms with Gasteiger partial charge in [-0.05, 0) is 37.3 Å². The molecule has 1 heterocycles. The van der Waals surface area contributed by atoms with Gasteiger partial charge in [-0.3, -0.25) is 29.3 Å². The topological polar surface area (TPSA) is 130 Å². The van der Waals surface area contributed by atoms with Crippen LogP contribution >= 0.6 is 19.2 Å². The third-order valence-corrected chi connectivity index (χ3v) is 5.24. The summed E-state index contributed by atoms with van der Waals surface area (Å²) in [6.07, 6.45) is 1.04. The number of aromatic nitrogens is 1. The van der Waals surface area contributed by atoms with E-state index in [1.165, 1.54) is 12.1 Å². The summed E-state index contributed by atoms with van der Waals surface area (Å²) in [5.41, 5.74) is 0.0463. The van der Waals surface area contributed by atoms with Gasteiger partial charge in [0.25, 0.3) is 5.91 Å². The molecule has 0 saturated carbocycles. The van der Waals surface area contributed by atoms with E-state index in [2.05, 4.69) is 10.3 Å². The third kappa shape index (κ3) is 5.09. The third-order valence-electron chi connectivity index (χ3n) is 2.81. The lowest BCUT2D eigenvalue weighted by atomic mass is 10.2. The number of hydrogen-bond donors (Lipinski definition) is 1. The fourth-order valence-corrected chi connectivity index (χ4v) is 3.67. The fourth-order valence-electron chi connectivity index (χ4n) is 1.83. The molecule has 26 heavy (non-hydrogen) atoms. The van der Waals surface area contributed by atoms with Crippen molar-refractivity contribution in [3.8, 4) is 5.75 Å². The number of nitrogens with one attached hydrogen (secondary N) is 1. The van der Waals surface area contributed by atoms with E-state index in [0.717, 1.165) is 6.20 Å². The normalized spacial score (nSPS) is 11.2. The van der Waals surface area contributed by atoms with Crippen LogP contribution in [0.5, 0.6) is 5.75 Å². The first-order chi connectivity index (χ1) is 12.4. The van der Waals surface area contributed by atoms with E-state index in [-0.39, 0.29) is 34.7 Å². The molecule has 0 unspecified atom stereocenters. The molecule has 1 aromatic carbocycles. The Morgan fingerprint density at radius 1 is 1.31 bits per heavy atom. The van der Waals surface area contributed by atoms with Crippen LogP contribution in [0.25, 0.3) is 0 Å². The van der Waals surface area contributed by atoms with Crippen molar-refractivity contribution < 1.29 is 27.9 Å². The number of thiazole rings is 1. The maximum atomic E-state index is 12.5. The van der Waals surface area contributed by atoms with Gasteiger partial charge in [-0.1, -0.05) is 12.1 Å². The van der Waals surface area contributed by atoms with Crippen LogP contribution in [0.3, 0.4) is 0 Å². The summed E-state index contributed by atoms with van der Waals surface area (Å²) in [5.74, 6) is -0.648. The van der Waals surface area contributed by atoms with Crippen LogP contribution in [0.2, 0.25) is 0 Å². The highest BCUT2D eigenvalue weighted by Crippen LogP contribution is 2.50. The number of hydrogen-bond acceptors (Lipinski definition) is 9. The molecule has 0 saturated heterocycles. The summed E-state index contributed by atoms with van der Waals surface area (Å²) >= 11 is 0.712. The molecule has 0 spiro atoms. The molecule has 0 atom stereocenters.